The molecule has 0 bridgehead atoms. The van der Waals surface area contributed by atoms with Crippen LogP contribution in [0, 0.1) is 25.2 Å². The Morgan fingerprint density at radius 2 is 1.93 bits per heavy atom. The fraction of sp³-hybridized carbons (Fsp3) is 0.364. The number of alkyl halides is 1. The monoisotopic (exact) mass is 193 g/mol. The van der Waals surface area contributed by atoms with Crippen molar-refractivity contribution < 1.29 is 9.13 Å². The van der Waals surface area contributed by atoms with E-state index in [1.165, 1.54) is 0 Å². The van der Waals surface area contributed by atoms with E-state index in [1.807, 2.05) is 13.8 Å². The van der Waals surface area contributed by atoms with Crippen LogP contribution in [0.25, 0.3) is 0 Å². The third-order valence-corrected chi connectivity index (χ3v) is 1.91. The Morgan fingerprint density at radius 3 is 2.36 bits per heavy atom. The molecule has 0 aliphatic heterocycles. The first-order valence-corrected chi connectivity index (χ1v) is 4.39. The van der Waals surface area contributed by atoms with E-state index >= 15 is 0 Å². The number of halogens is 1. The molecule has 2 nitrogen and oxygen atoms in total. The zero-order valence-electron chi connectivity index (χ0n) is 8.30. The van der Waals surface area contributed by atoms with E-state index in [9.17, 15) is 4.39 Å². The number of rotatable bonds is 3. The SMILES string of the molecule is Cc1cc(C#N)cc(C)c1OCCF. The van der Waals surface area contributed by atoms with Gasteiger partial charge in [-0.1, -0.05) is 0 Å². The van der Waals surface area contributed by atoms with Crippen LogP contribution in [0.1, 0.15) is 16.7 Å². The number of ether oxygens (including phenoxy) is 1. The maximum atomic E-state index is 11.9. The first-order valence-electron chi connectivity index (χ1n) is 4.39. The molecule has 0 unspecified atom stereocenters. The van der Waals surface area contributed by atoms with E-state index in [0.29, 0.717) is 11.3 Å². The molecular formula is C11H12FNO. The van der Waals surface area contributed by atoms with E-state index in [0.717, 1.165) is 11.1 Å². The Bertz CT molecular complexity index is 345. The molecule has 0 aromatic heterocycles. The molecule has 0 fully saturated rings. The third kappa shape index (κ3) is 2.23. The average Bonchev–Trinajstić information content (AvgIpc) is 2.16. The summed E-state index contributed by atoms with van der Waals surface area (Å²) in [6.07, 6.45) is 0. The summed E-state index contributed by atoms with van der Waals surface area (Å²) < 4.78 is 17.1. The summed E-state index contributed by atoms with van der Waals surface area (Å²) >= 11 is 0. The molecule has 0 atom stereocenters. The quantitative estimate of drug-likeness (QED) is 0.739. The van der Waals surface area contributed by atoms with Crippen LogP contribution >= 0.6 is 0 Å². The summed E-state index contributed by atoms with van der Waals surface area (Å²) in [5.74, 6) is 0.682. The van der Waals surface area contributed by atoms with Gasteiger partial charge in [0.2, 0.25) is 0 Å². The van der Waals surface area contributed by atoms with E-state index in [4.69, 9.17) is 10.00 Å². The summed E-state index contributed by atoms with van der Waals surface area (Å²) in [7, 11) is 0. The summed E-state index contributed by atoms with van der Waals surface area (Å²) in [6, 6.07) is 5.54. The van der Waals surface area contributed by atoms with Gasteiger partial charge in [-0.25, -0.2) is 4.39 Å². The maximum Gasteiger partial charge on any atom is 0.125 e. The van der Waals surface area contributed by atoms with Gasteiger partial charge in [-0.05, 0) is 37.1 Å². The van der Waals surface area contributed by atoms with Crippen LogP contribution in [0.2, 0.25) is 0 Å². The van der Waals surface area contributed by atoms with Gasteiger partial charge in [0.05, 0.1) is 11.6 Å². The Morgan fingerprint density at radius 1 is 1.36 bits per heavy atom. The molecule has 0 amide bonds. The summed E-state index contributed by atoms with van der Waals surface area (Å²) in [4.78, 5) is 0. The Hall–Kier alpha value is -1.56. The fourth-order valence-electron chi connectivity index (χ4n) is 1.38. The van der Waals surface area contributed by atoms with Crippen LogP contribution in [0.4, 0.5) is 4.39 Å². The van der Waals surface area contributed by atoms with Crippen molar-refractivity contribution in [2.75, 3.05) is 13.3 Å². The maximum absolute atomic E-state index is 11.9. The smallest absolute Gasteiger partial charge is 0.125 e. The van der Waals surface area contributed by atoms with Crippen molar-refractivity contribution in [2.45, 2.75) is 13.8 Å². The van der Waals surface area contributed by atoms with Crippen molar-refractivity contribution in [1.82, 2.24) is 0 Å². The number of nitrogens with zero attached hydrogens (tertiary/aromatic N) is 1. The van der Waals surface area contributed by atoms with Crippen LogP contribution in [-0.4, -0.2) is 13.3 Å². The second-order valence-corrected chi connectivity index (χ2v) is 3.09. The van der Waals surface area contributed by atoms with Crippen LogP contribution in [0.15, 0.2) is 12.1 Å². The van der Waals surface area contributed by atoms with Gasteiger partial charge >= 0.3 is 0 Å². The number of nitriles is 1. The lowest BCUT2D eigenvalue weighted by atomic mass is 10.1. The van der Waals surface area contributed by atoms with Crippen molar-refractivity contribution >= 4 is 0 Å². The number of aryl methyl sites for hydroxylation is 2. The molecular weight excluding hydrogens is 181 g/mol. The van der Waals surface area contributed by atoms with Gasteiger partial charge in [0, 0.05) is 0 Å². The molecule has 0 aliphatic carbocycles. The van der Waals surface area contributed by atoms with Crippen LogP contribution in [-0.2, 0) is 0 Å². The van der Waals surface area contributed by atoms with Gasteiger partial charge < -0.3 is 4.74 Å². The largest absolute Gasteiger partial charge is 0.490 e. The van der Waals surface area contributed by atoms with Crippen molar-refractivity contribution in [2.24, 2.45) is 0 Å². The highest BCUT2D eigenvalue weighted by molar-refractivity contribution is 5.47. The average molecular weight is 193 g/mol. The minimum absolute atomic E-state index is 0.0631. The van der Waals surface area contributed by atoms with E-state index in [-0.39, 0.29) is 6.61 Å². The molecule has 3 heteroatoms. The minimum Gasteiger partial charge on any atom is -0.490 e. The van der Waals surface area contributed by atoms with Gasteiger partial charge in [-0.2, -0.15) is 5.26 Å². The zero-order chi connectivity index (χ0) is 10.6. The standard InChI is InChI=1S/C11H12FNO/c1-8-5-10(7-13)6-9(2)11(8)14-4-3-12/h5-6H,3-4H2,1-2H3. The summed E-state index contributed by atoms with van der Waals surface area (Å²) in [5, 5.41) is 8.70. The third-order valence-electron chi connectivity index (χ3n) is 1.91. The van der Waals surface area contributed by atoms with Crippen LogP contribution in [0.5, 0.6) is 5.75 Å². The van der Waals surface area contributed by atoms with Crippen LogP contribution in [0.3, 0.4) is 0 Å². The summed E-state index contributed by atoms with van der Waals surface area (Å²) in [6.45, 7) is 3.26. The fourth-order valence-corrected chi connectivity index (χ4v) is 1.38. The lowest BCUT2D eigenvalue weighted by molar-refractivity contribution is 0.270. The zero-order valence-corrected chi connectivity index (χ0v) is 8.30. The van der Waals surface area contributed by atoms with Crippen molar-refractivity contribution in [3.63, 3.8) is 0 Å². The van der Waals surface area contributed by atoms with E-state index in [1.54, 1.807) is 12.1 Å². The molecule has 1 rings (SSSR count). The highest BCUT2D eigenvalue weighted by atomic mass is 19.1. The van der Waals surface area contributed by atoms with Crippen LogP contribution < -0.4 is 4.74 Å². The molecule has 74 valence electrons. The summed E-state index contributed by atoms with van der Waals surface area (Å²) in [5.41, 5.74) is 2.34. The molecule has 1 aromatic rings. The van der Waals surface area contributed by atoms with Gasteiger partial charge in [0.25, 0.3) is 0 Å². The van der Waals surface area contributed by atoms with Crippen molar-refractivity contribution in [3.8, 4) is 11.8 Å². The van der Waals surface area contributed by atoms with Gasteiger partial charge in [0.15, 0.2) is 0 Å². The Labute approximate surface area is 82.9 Å². The molecule has 14 heavy (non-hydrogen) atoms. The predicted molar refractivity (Wildman–Crippen MR) is 52.1 cm³/mol. The normalized spacial score (nSPS) is 9.57. The van der Waals surface area contributed by atoms with E-state index < -0.39 is 6.67 Å². The number of benzene rings is 1. The van der Waals surface area contributed by atoms with Gasteiger partial charge in [-0.15, -0.1) is 0 Å². The highest BCUT2D eigenvalue weighted by Crippen LogP contribution is 2.24. The predicted octanol–water partition coefficient (Wildman–Crippen LogP) is 2.52. The Kier molecular flexibility index (Phi) is 3.47. The highest BCUT2D eigenvalue weighted by Gasteiger charge is 2.05. The van der Waals surface area contributed by atoms with E-state index in [2.05, 4.69) is 6.07 Å². The molecule has 0 heterocycles. The molecule has 1 aromatic carbocycles. The van der Waals surface area contributed by atoms with Gasteiger partial charge in [0.1, 0.15) is 19.0 Å². The lowest BCUT2D eigenvalue weighted by Gasteiger charge is -2.10. The van der Waals surface area contributed by atoms with Crippen molar-refractivity contribution in [3.05, 3.63) is 28.8 Å². The number of hydrogen-bond donors (Lipinski definition) is 0. The molecule has 0 spiro atoms. The Balaban J connectivity index is 3.01. The molecule has 0 radical (unpaired) electrons. The minimum atomic E-state index is -0.501. The first kappa shape index (κ1) is 10.5. The topological polar surface area (TPSA) is 33.0 Å². The van der Waals surface area contributed by atoms with Gasteiger partial charge in [-0.3, -0.25) is 0 Å². The molecule has 0 N–H and O–H groups in total. The second kappa shape index (κ2) is 4.61. The molecule has 0 saturated heterocycles. The first-order chi connectivity index (χ1) is 6.69. The second-order valence-electron chi connectivity index (χ2n) is 3.09. The number of hydrogen-bond acceptors (Lipinski definition) is 2. The van der Waals surface area contributed by atoms with Crippen molar-refractivity contribution in [1.29, 1.82) is 5.26 Å². The lowest BCUT2D eigenvalue weighted by Crippen LogP contribution is -2.02. The molecule has 0 saturated carbocycles. The molecule has 0 aliphatic rings.